The lowest BCUT2D eigenvalue weighted by Crippen LogP contribution is -2.29. The van der Waals surface area contributed by atoms with Crippen LogP contribution in [0, 0.1) is 18.6 Å². The van der Waals surface area contributed by atoms with Gasteiger partial charge in [0.2, 0.25) is 0 Å². The number of carbonyl (C=O) groups is 1. The van der Waals surface area contributed by atoms with Crippen LogP contribution in [-0.4, -0.2) is 22.4 Å². The van der Waals surface area contributed by atoms with Crippen LogP contribution in [0.3, 0.4) is 0 Å². The van der Waals surface area contributed by atoms with Gasteiger partial charge in [0.1, 0.15) is 17.3 Å². The third-order valence-electron chi connectivity index (χ3n) is 6.03. The van der Waals surface area contributed by atoms with E-state index in [2.05, 4.69) is 0 Å². The molecule has 0 fully saturated rings. The van der Waals surface area contributed by atoms with Crippen molar-refractivity contribution in [3.8, 4) is 0 Å². The summed E-state index contributed by atoms with van der Waals surface area (Å²) < 4.78 is 30.7. The summed E-state index contributed by atoms with van der Waals surface area (Å²) in [6, 6.07) is 13.7. The standard InChI is InChI=1S/C25H26F2N2O/c1-17-19-11-6-7-14-23(19)29(16-20-21(26)12-8-13-22(20)27)24(17)25(30)28(2)15-18-9-4-3-5-10-18/h3-5,8-10,12-13H,6-7,11,14-16H2,1-2H3. The quantitative estimate of drug-likeness (QED) is 0.564. The van der Waals surface area contributed by atoms with E-state index in [9.17, 15) is 13.6 Å². The molecule has 3 nitrogen and oxygen atoms in total. The lowest BCUT2D eigenvalue weighted by molar-refractivity contribution is 0.0773. The molecule has 0 radical (unpaired) electrons. The van der Waals surface area contributed by atoms with Crippen LogP contribution < -0.4 is 0 Å². The van der Waals surface area contributed by atoms with E-state index in [-0.39, 0.29) is 18.0 Å². The molecule has 5 heteroatoms. The summed E-state index contributed by atoms with van der Waals surface area (Å²) in [5, 5.41) is 0. The zero-order valence-electron chi connectivity index (χ0n) is 17.4. The zero-order valence-corrected chi connectivity index (χ0v) is 17.4. The zero-order chi connectivity index (χ0) is 21.3. The number of nitrogens with zero attached hydrogens (tertiary/aromatic N) is 2. The summed E-state index contributed by atoms with van der Waals surface area (Å²) in [7, 11) is 1.77. The van der Waals surface area contributed by atoms with Crippen LogP contribution in [0.2, 0.25) is 0 Å². The molecule has 1 aromatic heterocycles. The molecule has 1 aliphatic rings. The molecule has 1 heterocycles. The average molecular weight is 408 g/mol. The lowest BCUT2D eigenvalue weighted by atomic mass is 9.95. The Morgan fingerprint density at radius 2 is 1.67 bits per heavy atom. The Labute approximate surface area is 175 Å². The molecule has 3 aromatic rings. The van der Waals surface area contributed by atoms with E-state index in [1.807, 2.05) is 41.8 Å². The molecular weight excluding hydrogens is 382 g/mol. The first-order valence-corrected chi connectivity index (χ1v) is 10.4. The van der Waals surface area contributed by atoms with Crippen molar-refractivity contribution in [1.82, 2.24) is 9.47 Å². The fourth-order valence-electron chi connectivity index (χ4n) is 4.47. The van der Waals surface area contributed by atoms with Crippen molar-refractivity contribution in [2.24, 2.45) is 0 Å². The summed E-state index contributed by atoms with van der Waals surface area (Å²) in [6.45, 7) is 2.46. The summed E-state index contributed by atoms with van der Waals surface area (Å²) in [5.74, 6) is -1.29. The highest BCUT2D eigenvalue weighted by molar-refractivity contribution is 5.95. The fraction of sp³-hybridized carbons (Fsp3) is 0.320. The van der Waals surface area contributed by atoms with Gasteiger partial charge in [-0.25, -0.2) is 8.78 Å². The molecule has 0 saturated heterocycles. The minimum absolute atomic E-state index is 0.000589. The molecule has 1 aliphatic carbocycles. The minimum atomic E-state index is -0.582. The van der Waals surface area contributed by atoms with Crippen molar-refractivity contribution >= 4 is 5.91 Å². The van der Waals surface area contributed by atoms with E-state index >= 15 is 0 Å². The third kappa shape index (κ3) is 3.76. The van der Waals surface area contributed by atoms with Crippen LogP contribution in [0.25, 0.3) is 0 Å². The van der Waals surface area contributed by atoms with E-state index in [1.54, 1.807) is 11.9 Å². The Morgan fingerprint density at radius 1 is 1.00 bits per heavy atom. The largest absolute Gasteiger partial charge is 0.336 e. The van der Waals surface area contributed by atoms with Gasteiger partial charge >= 0.3 is 0 Å². The fourth-order valence-corrected chi connectivity index (χ4v) is 4.47. The molecule has 156 valence electrons. The molecule has 0 spiro atoms. The topological polar surface area (TPSA) is 25.2 Å². The molecule has 30 heavy (non-hydrogen) atoms. The second kappa shape index (κ2) is 8.42. The molecule has 0 N–H and O–H groups in total. The van der Waals surface area contributed by atoms with Crippen LogP contribution in [-0.2, 0) is 25.9 Å². The van der Waals surface area contributed by atoms with Crippen molar-refractivity contribution in [2.45, 2.75) is 45.7 Å². The molecule has 0 saturated carbocycles. The van der Waals surface area contributed by atoms with Crippen molar-refractivity contribution in [2.75, 3.05) is 7.05 Å². The predicted molar refractivity (Wildman–Crippen MR) is 114 cm³/mol. The first-order valence-electron chi connectivity index (χ1n) is 10.4. The summed E-state index contributed by atoms with van der Waals surface area (Å²) in [5.41, 5.74) is 4.72. The monoisotopic (exact) mass is 408 g/mol. The molecule has 0 atom stereocenters. The molecule has 4 rings (SSSR count). The minimum Gasteiger partial charge on any atom is -0.336 e. The van der Waals surface area contributed by atoms with E-state index in [4.69, 9.17) is 0 Å². The highest BCUT2D eigenvalue weighted by atomic mass is 19.1. The van der Waals surface area contributed by atoms with Crippen LogP contribution in [0.1, 0.15) is 51.3 Å². The number of halogens is 2. The Kier molecular flexibility index (Phi) is 5.71. The number of fused-ring (bicyclic) bond motifs is 1. The van der Waals surface area contributed by atoms with Crippen LogP contribution >= 0.6 is 0 Å². The Bertz CT molecular complexity index is 1050. The Hall–Kier alpha value is -2.95. The first kappa shape index (κ1) is 20.3. The van der Waals surface area contributed by atoms with Gasteiger partial charge in [-0.3, -0.25) is 4.79 Å². The van der Waals surface area contributed by atoms with Crippen molar-refractivity contribution < 1.29 is 13.6 Å². The highest BCUT2D eigenvalue weighted by Crippen LogP contribution is 2.32. The predicted octanol–water partition coefficient (Wildman–Crippen LogP) is 5.27. The van der Waals surface area contributed by atoms with Gasteiger partial charge in [-0.05, 0) is 61.4 Å². The average Bonchev–Trinajstić information content (AvgIpc) is 3.03. The van der Waals surface area contributed by atoms with Gasteiger partial charge in [-0.15, -0.1) is 0 Å². The van der Waals surface area contributed by atoms with E-state index < -0.39 is 11.6 Å². The van der Waals surface area contributed by atoms with Gasteiger partial charge in [-0.1, -0.05) is 36.4 Å². The maximum atomic E-state index is 14.4. The second-order valence-corrected chi connectivity index (χ2v) is 8.04. The maximum Gasteiger partial charge on any atom is 0.270 e. The van der Waals surface area contributed by atoms with Gasteiger partial charge in [0.05, 0.1) is 6.54 Å². The number of aromatic nitrogens is 1. The molecule has 0 aliphatic heterocycles. The van der Waals surface area contributed by atoms with Gasteiger partial charge in [0.25, 0.3) is 5.91 Å². The molecule has 1 amide bonds. The number of hydrogen-bond acceptors (Lipinski definition) is 1. The normalized spacial score (nSPS) is 13.2. The lowest BCUT2D eigenvalue weighted by Gasteiger charge is -2.21. The van der Waals surface area contributed by atoms with Gasteiger partial charge in [-0.2, -0.15) is 0 Å². The summed E-state index contributed by atoms with van der Waals surface area (Å²) in [6.07, 6.45) is 3.81. The van der Waals surface area contributed by atoms with Gasteiger partial charge in [0.15, 0.2) is 0 Å². The van der Waals surface area contributed by atoms with Crippen LogP contribution in [0.5, 0.6) is 0 Å². The maximum absolute atomic E-state index is 14.4. The first-order chi connectivity index (χ1) is 14.5. The number of hydrogen-bond donors (Lipinski definition) is 0. The number of benzene rings is 2. The van der Waals surface area contributed by atoms with Crippen molar-refractivity contribution in [3.05, 3.63) is 93.8 Å². The highest BCUT2D eigenvalue weighted by Gasteiger charge is 2.28. The smallest absolute Gasteiger partial charge is 0.270 e. The SMILES string of the molecule is Cc1c2c(n(Cc3c(F)cccc3F)c1C(=O)N(C)Cc1ccccc1)CCCC2. The Balaban J connectivity index is 1.75. The van der Waals surface area contributed by atoms with Crippen LogP contribution in [0.15, 0.2) is 48.5 Å². The number of carbonyl (C=O) groups excluding carboxylic acids is 1. The van der Waals surface area contributed by atoms with E-state index in [1.165, 1.54) is 18.2 Å². The van der Waals surface area contributed by atoms with E-state index in [0.29, 0.717) is 12.2 Å². The molecule has 0 unspecified atom stereocenters. The van der Waals surface area contributed by atoms with Gasteiger partial charge in [0, 0.05) is 24.8 Å². The molecule has 0 bridgehead atoms. The summed E-state index contributed by atoms with van der Waals surface area (Å²) in [4.78, 5) is 15.2. The third-order valence-corrected chi connectivity index (χ3v) is 6.03. The van der Waals surface area contributed by atoms with Gasteiger partial charge < -0.3 is 9.47 Å². The van der Waals surface area contributed by atoms with Crippen LogP contribution in [0.4, 0.5) is 8.78 Å². The molecule has 2 aromatic carbocycles. The number of rotatable bonds is 5. The number of amides is 1. The second-order valence-electron chi connectivity index (χ2n) is 8.04. The van der Waals surface area contributed by atoms with Crippen molar-refractivity contribution in [3.63, 3.8) is 0 Å². The summed E-state index contributed by atoms with van der Waals surface area (Å²) >= 11 is 0. The Morgan fingerprint density at radius 3 is 2.37 bits per heavy atom. The van der Waals surface area contributed by atoms with Crippen molar-refractivity contribution in [1.29, 1.82) is 0 Å². The van der Waals surface area contributed by atoms with E-state index in [0.717, 1.165) is 48.1 Å². The molecular formula is C25H26F2N2O.